The lowest BCUT2D eigenvalue weighted by Crippen LogP contribution is -2.44. The first-order chi connectivity index (χ1) is 10.1. The number of hydrogen-bond acceptors (Lipinski definition) is 4. The lowest BCUT2D eigenvalue weighted by molar-refractivity contribution is -0.0959. The van der Waals surface area contributed by atoms with Gasteiger partial charge in [0, 0.05) is 28.8 Å². The Bertz CT molecular complexity index is 538. The number of Topliss-reactive ketones (excluding diaryl/α,β-unsaturated/α-hetero) is 1. The largest absolute Gasteiger partial charge is 0.398 e. The molecule has 1 unspecified atom stereocenters. The molecule has 114 valence electrons. The summed E-state index contributed by atoms with van der Waals surface area (Å²) in [4.78, 5) is 12.8. The summed E-state index contributed by atoms with van der Waals surface area (Å²) >= 11 is 7.88. The van der Waals surface area contributed by atoms with Crippen LogP contribution in [0.4, 0.5) is 5.69 Å². The smallest absolute Gasteiger partial charge is 0.168 e. The average molecular weight is 326 g/mol. The molecule has 21 heavy (non-hydrogen) atoms. The quantitative estimate of drug-likeness (QED) is 0.664. The third-order valence-electron chi connectivity index (χ3n) is 4.55. The van der Waals surface area contributed by atoms with Crippen molar-refractivity contribution in [2.75, 3.05) is 23.8 Å². The predicted molar refractivity (Wildman–Crippen MR) is 88.2 cm³/mol. The maximum atomic E-state index is 12.8. The Morgan fingerprint density at radius 1 is 1.38 bits per heavy atom. The number of thioether (sulfide) groups is 1. The fraction of sp³-hybridized carbons (Fsp3) is 0.562. The second kappa shape index (κ2) is 6.19. The molecule has 0 bridgehead atoms. The Hall–Kier alpha value is -0.710. The van der Waals surface area contributed by atoms with E-state index in [0.29, 0.717) is 22.9 Å². The fourth-order valence-electron chi connectivity index (χ4n) is 3.32. The van der Waals surface area contributed by atoms with Crippen LogP contribution in [0.3, 0.4) is 0 Å². The fourth-order valence-corrected chi connectivity index (χ4v) is 4.74. The van der Waals surface area contributed by atoms with Crippen LogP contribution in [-0.4, -0.2) is 29.5 Å². The zero-order valence-corrected chi connectivity index (χ0v) is 13.5. The van der Waals surface area contributed by atoms with E-state index in [1.165, 1.54) is 0 Å². The second-order valence-electron chi connectivity index (χ2n) is 5.93. The minimum Gasteiger partial charge on any atom is -0.398 e. The van der Waals surface area contributed by atoms with Crippen molar-refractivity contribution in [3.05, 3.63) is 28.8 Å². The first-order valence-electron chi connectivity index (χ1n) is 7.41. The minimum absolute atomic E-state index is 0.0188. The van der Waals surface area contributed by atoms with Crippen LogP contribution in [0.15, 0.2) is 18.2 Å². The molecule has 0 aromatic heterocycles. The van der Waals surface area contributed by atoms with E-state index < -0.39 is 0 Å². The first kappa shape index (κ1) is 15.2. The number of halogens is 1. The van der Waals surface area contributed by atoms with Gasteiger partial charge in [-0.05, 0) is 55.4 Å². The molecule has 0 aliphatic carbocycles. The number of ketones is 1. The molecule has 0 amide bonds. The molecule has 1 spiro atoms. The summed E-state index contributed by atoms with van der Waals surface area (Å²) in [5.41, 5.74) is 6.96. The third kappa shape index (κ3) is 3.22. The van der Waals surface area contributed by atoms with Gasteiger partial charge in [0.25, 0.3) is 0 Å². The summed E-state index contributed by atoms with van der Waals surface area (Å²) in [5, 5.41) is 0.566. The number of hydrogen-bond donors (Lipinski definition) is 1. The maximum Gasteiger partial charge on any atom is 0.168 e. The predicted octanol–water partition coefficient (Wildman–Crippen LogP) is 3.80. The van der Waals surface area contributed by atoms with Crippen molar-refractivity contribution in [3.63, 3.8) is 0 Å². The Morgan fingerprint density at radius 2 is 2.14 bits per heavy atom. The van der Waals surface area contributed by atoms with Crippen molar-refractivity contribution in [2.24, 2.45) is 5.92 Å². The number of benzene rings is 1. The number of rotatable bonds is 2. The van der Waals surface area contributed by atoms with Gasteiger partial charge in [-0.1, -0.05) is 11.6 Å². The summed E-state index contributed by atoms with van der Waals surface area (Å²) in [6.07, 6.45) is 3.72. The van der Waals surface area contributed by atoms with Gasteiger partial charge in [-0.15, -0.1) is 0 Å². The van der Waals surface area contributed by atoms with E-state index in [4.69, 9.17) is 22.1 Å². The highest BCUT2D eigenvalue weighted by Gasteiger charge is 2.41. The van der Waals surface area contributed by atoms with Crippen molar-refractivity contribution >= 4 is 34.8 Å². The van der Waals surface area contributed by atoms with E-state index >= 15 is 0 Å². The molecule has 0 saturated carbocycles. The van der Waals surface area contributed by atoms with Crippen molar-refractivity contribution in [2.45, 2.75) is 31.3 Å². The zero-order chi connectivity index (χ0) is 14.9. The number of anilines is 1. The highest BCUT2D eigenvalue weighted by Crippen LogP contribution is 2.41. The van der Waals surface area contributed by atoms with Crippen LogP contribution in [0.5, 0.6) is 0 Å². The summed E-state index contributed by atoms with van der Waals surface area (Å²) in [5.74, 6) is 2.42. The van der Waals surface area contributed by atoms with Crippen LogP contribution in [0, 0.1) is 5.92 Å². The van der Waals surface area contributed by atoms with Crippen LogP contribution in [-0.2, 0) is 4.74 Å². The molecule has 3 rings (SSSR count). The molecule has 2 N–H and O–H groups in total. The number of nitrogens with two attached hydrogens (primary N) is 1. The summed E-state index contributed by atoms with van der Waals surface area (Å²) < 4.78 is 6.05. The van der Waals surface area contributed by atoms with Crippen LogP contribution in [0.2, 0.25) is 5.02 Å². The Balaban J connectivity index is 1.77. The number of carbonyl (C=O) groups is 1. The Kier molecular flexibility index (Phi) is 4.48. The van der Waals surface area contributed by atoms with Crippen LogP contribution in [0.1, 0.15) is 36.0 Å². The van der Waals surface area contributed by atoms with Crippen LogP contribution >= 0.6 is 23.4 Å². The van der Waals surface area contributed by atoms with Gasteiger partial charge in [-0.3, -0.25) is 4.79 Å². The standard InChI is InChI=1S/C16H20ClNO2S/c17-12-1-2-13(14(18)9-12)15(19)11-3-6-20-16(10-11)4-7-21-8-5-16/h1-2,9,11H,3-8,10,18H2. The number of carbonyl (C=O) groups excluding carboxylic acids is 1. The van der Waals surface area contributed by atoms with Gasteiger partial charge in [-0.25, -0.2) is 0 Å². The topological polar surface area (TPSA) is 52.3 Å². The molecule has 1 aromatic carbocycles. The molecular weight excluding hydrogens is 306 g/mol. The highest BCUT2D eigenvalue weighted by molar-refractivity contribution is 7.99. The van der Waals surface area contributed by atoms with Gasteiger partial charge in [0.15, 0.2) is 5.78 Å². The van der Waals surface area contributed by atoms with E-state index in [1.807, 2.05) is 11.8 Å². The summed E-state index contributed by atoms with van der Waals surface area (Å²) in [6.45, 7) is 0.675. The molecule has 3 nitrogen and oxygen atoms in total. The zero-order valence-electron chi connectivity index (χ0n) is 11.9. The van der Waals surface area contributed by atoms with Gasteiger partial charge in [0.05, 0.1) is 5.60 Å². The van der Waals surface area contributed by atoms with E-state index in [2.05, 4.69) is 0 Å². The van der Waals surface area contributed by atoms with Gasteiger partial charge in [0.1, 0.15) is 0 Å². The Labute approximate surface area is 134 Å². The second-order valence-corrected chi connectivity index (χ2v) is 7.59. The van der Waals surface area contributed by atoms with Crippen molar-refractivity contribution in [1.82, 2.24) is 0 Å². The molecule has 0 radical (unpaired) electrons. The van der Waals surface area contributed by atoms with Gasteiger partial charge in [-0.2, -0.15) is 11.8 Å². The Morgan fingerprint density at radius 3 is 2.86 bits per heavy atom. The monoisotopic (exact) mass is 325 g/mol. The normalized spacial score (nSPS) is 24.9. The van der Waals surface area contributed by atoms with Gasteiger partial charge in [0.2, 0.25) is 0 Å². The molecule has 1 aromatic rings. The molecule has 1 atom stereocenters. The van der Waals surface area contributed by atoms with E-state index in [1.54, 1.807) is 18.2 Å². The average Bonchev–Trinajstić information content (AvgIpc) is 2.47. The molecule has 5 heteroatoms. The molecule has 2 heterocycles. The number of nitrogen functional groups attached to an aromatic ring is 1. The van der Waals surface area contributed by atoms with Gasteiger partial charge >= 0.3 is 0 Å². The maximum absolute atomic E-state index is 12.8. The van der Waals surface area contributed by atoms with E-state index in [0.717, 1.165) is 37.2 Å². The molecule has 2 fully saturated rings. The first-order valence-corrected chi connectivity index (χ1v) is 8.94. The molecular formula is C16H20ClNO2S. The van der Waals surface area contributed by atoms with Crippen molar-refractivity contribution in [3.8, 4) is 0 Å². The lowest BCUT2D eigenvalue weighted by Gasteiger charge is -2.43. The highest BCUT2D eigenvalue weighted by atomic mass is 35.5. The minimum atomic E-state index is -0.0784. The van der Waals surface area contributed by atoms with E-state index in [-0.39, 0.29) is 17.3 Å². The summed E-state index contributed by atoms with van der Waals surface area (Å²) in [7, 11) is 0. The lowest BCUT2D eigenvalue weighted by atomic mass is 9.78. The number of ether oxygens (including phenoxy) is 1. The van der Waals surface area contributed by atoms with Crippen LogP contribution < -0.4 is 5.73 Å². The van der Waals surface area contributed by atoms with Gasteiger partial charge < -0.3 is 10.5 Å². The third-order valence-corrected chi connectivity index (χ3v) is 5.77. The van der Waals surface area contributed by atoms with Crippen molar-refractivity contribution < 1.29 is 9.53 Å². The molecule has 2 aliphatic rings. The molecule has 2 saturated heterocycles. The van der Waals surface area contributed by atoms with E-state index in [9.17, 15) is 4.79 Å². The summed E-state index contributed by atoms with van der Waals surface area (Å²) in [6, 6.07) is 5.14. The van der Waals surface area contributed by atoms with Crippen molar-refractivity contribution in [1.29, 1.82) is 0 Å². The van der Waals surface area contributed by atoms with Crippen LogP contribution in [0.25, 0.3) is 0 Å². The molecule has 2 aliphatic heterocycles. The SMILES string of the molecule is Nc1cc(Cl)ccc1C(=O)C1CCOC2(CCSCC2)C1.